The summed E-state index contributed by atoms with van der Waals surface area (Å²) in [6.07, 6.45) is 1.87. The third kappa shape index (κ3) is 3.69. The minimum absolute atomic E-state index is 0.179. The molecule has 0 N–H and O–H groups in total. The van der Waals surface area contributed by atoms with Gasteiger partial charge < -0.3 is 4.74 Å². The summed E-state index contributed by atoms with van der Waals surface area (Å²) in [5.74, 6) is -0.179. The Morgan fingerprint density at radius 1 is 1.04 bits per heavy atom. The lowest BCUT2D eigenvalue weighted by Gasteiger charge is -2.26. The number of rotatable bonds is 4. The number of carbonyl (C=O) groups excluding carboxylic acids is 1. The zero-order valence-corrected chi connectivity index (χ0v) is 17.2. The molecular weight excluding hydrogens is 372 g/mol. The normalized spacial score (nSPS) is 17.6. The lowest BCUT2D eigenvalue weighted by atomic mass is 9.72. The summed E-state index contributed by atoms with van der Waals surface area (Å²) >= 11 is 4.64. The smallest absolute Gasteiger partial charge is 0.321 e. The van der Waals surface area contributed by atoms with E-state index in [4.69, 9.17) is 4.74 Å². The van der Waals surface area contributed by atoms with Crippen LogP contribution in [0.1, 0.15) is 28.9 Å². The predicted molar refractivity (Wildman–Crippen MR) is 112 cm³/mol. The lowest BCUT2D eigenvalue weighted by Crippen LogP contribution is -2.33. The van der Waals surface area contributed by atoms with Crippen LogP contribution in [0.5, 0.6) is 0 Å². The average molecular weight is 397 g/mol. The second kappa shape index (κ2) is 8.61. The molecule has 28 heavy (non-hydrogen) atoms. The van der Waals surface area contributed by atoms with E-state index in [0.717, 1.165) is 22.5 Å². The van der Waals surface area contributed by atoms with Gasteiger partial charge >= 0.3 is 5.97 Å². The predicted octanol–water partition coefficient (Wildman–Crippen LogP) is 4.66. The van der Waals surface area contributed by atoms with Gasteiger partial charge in [-0.1, -0.05) is 60.7 Å². The molecule has 0 aliphatic carbocycles. The third-order valence-electron chi connectivity index (χ3n) is 5.17. The van der Waals surface area contributed by atoms with Crippen molar-refractivity contribution in [3.05, 3.63) is 89.2 Å². The molecule has 0 bridgehead atoms. The van der Waals surface area contributed by atoms with Crippen LogP contribution in [0.3, 0.4) is 0 Å². The molecule has 0 radical (unpaired) electrons. The van der Waals surface area contributed by atoms with Crippen LogP contribution in [-0.4, -0.2) is 28.2 Å². The second-order valence-electron chi connectivity index (χ2n) is 6.98. The Balaban J connectivity index is 0.00000109. The number of esters is 1. The van der Waals surface area contributed by atoms with Crippen molar-refractivity contribution in [2.24, 2.45) is 0 Å². The zero-order chi connectivity index (χ0) is 20.1. The number of halogens is 1. The zero-order valence-electron chi connectivity index (χ0n) is 16.4. The maximum absolute atomic E-state index is 13.1. The summed E-state index contributed by atoms with van der Waals surface area (Å²) in [6.45, 7) is 4.58. The molecule has 1 aliphatic rings. The number of cyclic esters (lactones) is 1. The summed E-state index contributed by atoms with van der Waals surface area (Å²) in [5, 5.41) is 4.52. The van der Waals surface area contributed by atoms with Crippen LogP contribution in [0.4, 0.5) is 0 Å². The Labute approximate surface area is 171 Å². The van der Waals surface area contributed by atoms with Crippen molar-refractivity contribution in [1.82, 2.24) is 9.78 Å². The number of ether oxygens (including phenoxy) is 1. The maximum Gasteiger partial charge on any atom is 0.321 e. The molecule has 0 amide bonds. The highest BCUT2D eigenvalue weighted by Crippen LogP contribution is 2.43. The van der Waals surface area contributed by atoms with Gasteiger partial charge in [-0.3, -0.25) is 9.48 Å². The van der Waals surface area contributed by atoms with Crippen molar-refractivity contribution in [2.75, 3.05) is 6.38 Å². The Morgan fingerprint density at radius 3 is 2.04 bits per heavy atom. The van der Waals surface area contributed by atoms with E-state index in [1.165, 1.54) is 6.38 Å². The van der Waals surface area contributed by atoms with E-state index in [1.54, 1.807) is 0 Å². The van der Waals surface area contributed by atoms with E-state index in [9.17, 15) is 4.79 Å². The highest BCUT2D eigenvalue weighted by atomic mass is 35.5. The van der Waals surface area contributed by atoms with Gasteiger partial charge in [-0.25, -0.2) is 0 Å². The van der Waals surface area contributed by atoms with E-state index in [-0.39, 0.29) is 12.1 Å². The van der Waals surface area contributed by atoms with Crippen LogP contribution in [-0.2, 0) is 21.5 Å². The van der Waals surface area contributed by atoms with E-state index in [1.807, 2.05) is 85.3 Å². The first-order valence-corrected chi connectivity index (χ1v) is 10.1. The van der Waals surface area contributed by atoms with Crippen molar-refractivity contribution in [2.45, 2.75) is 38.3 Å². The van der Waals surface area contributed by atoms with Gasteiger partial charge in [0.15, 0.2) is 0 Å². The SMILES string of the molecule is CCl.Cc1cc(C)n(CC2CC(c3ccccc3)(c3ccccc3)C(=O)O2)n1. The van der Waals surface area contributed by atoms with E-state index in [0.29, 0.717) is 13.0 Å². The number of benzene rings is 2. The standard InChI is InChI=1S/C22H22N2O2.CH3Cl/c1-16-13-17(2)24(23-16)15-20-14-22(21(25)26-20,18-9-5-3-6-10-18)19-11-7-4-8-12-19;1-2/h3-13,20H,14-15H2,1-2H3;1H3. The molecule has 4 nitrogen and oxygen atoms in total. The molecule has 1 fully saturated rings. The van der Waals surface area contributed by atoms with Gasteiger partial charge in [0.05, 0.1) is 12.2 Å². The van der Waals surface area contributed by atoms with Crippen molar-refractivity contribution in [1.29, 1.82) is 0 Å². The largest absolute Gasteiger partial charge is 0.459 e. The molecule has 2 aromatic carbocycles. The number of aryl methyl sites for hydroxylation is 2. The molecule has 0 saturated carbocycles. The Bertz CT molecular complexity index is 883. The summed E-state index contributed by atoms with van der Waals surface area (Å²) in [6, 6.07) is 21.9. The Hall–Kier alpha value is -2.59. The van der Waals surface area contributed by atoms with Gasteiger partial charge in [0, 0.05) is 18.5 Å². The number of hydrogen-bond donors (Lipinski definition) is 0. The van der Waals surface area contributed by atoms with Crippen LogP contribution < -0.4 is 0 Å². The molecule has 1 aromatic heterocycles. The molecule has 5 heteroatoms. The van der Waals surface area contributed by atoms with E-state index < -0.39 is 5.41 Å². The molecule has 1 saturated heterocycles. The summed E-state index contributed by atoms with van der Waals surface area (Å²) in [7, 11) is 0. The van der Waals surface area contributed by atoms with Crippen molar-refractivity contribution in [3.8, 4) is 0 Å². The molecule has 2 heterocycles. The van der Waals surface area contributed by atoms with E-state index in [2.05, 4.69) is 16.7 Å². The van der Waals surface area contributed by atoms with Gasteiger partial charge in [0.25, 0.3) is 0 Å². The van der Waals surface area contributed by atoms with Crippen LogP contribution in [0.2, 0.25) is 0 Å². The highest BCUT2D eigenvalue weighted by Gasteiger charge is 2.51. The summed E-state index contributed by atoms with van der Waals surface area (Å²) in [4.78, 5) is 13.1. The van der Waals surface area contributed by atoms with E-state index >= 15 is 0 Å². The fraction of sp³-hybridized carbons (Fsp3) is 0.304. The Morgan fingerprint density at radius 2 is 1.57 bits per heavy atom. The van der Waals surface area contributed by atoms with Crippen LogP contribution in [0, 0.1) is 13.8 Å². The molecule has 1 atom stereocenters. The molecular formula is C23H25ClN2O2. The first-order chi connectivity index (χ1) is 13.6. The fourth-order valence-corrected chi connectivity index (χ4v) is 3.96. The number of carbonyl (C=O) groups is 1. The molecule has 0 spiro atoms. The van der Waals surface area contributed by atoms with Crippen LogP contribution in [0.15, 0.2) is 66.7 Å². The van der Waals surface area contributed by atoms with Gasteiger partial charge in [0.2, 0.25) is 0 Å². The highest BCUT2D eigenvalue weighted by molar-refractivity contribution is 6.15. The minimum atomic E-state index is -0.761. The third-order valence-corrected chi connectivity index (χ3v) is 5.17. The van der Waals surface area contributed by atoms with Gasteiger partial charge in [0.1, 0.15) is 11.5 Å². The average Bonchev–Trinajstić information content (AvgIpc) is 3.23. The number of hydrogen-bond acceptors (Lipinski definition) is 3. The van der Waals surface area contributed by atoms with Crippen LogP contribution in [0.25, 0.3) is 0 Å². The lowest BCUT2D eigenvalue weighted by molar-refractivity contribution is -0.145. The number of alkyl halides is 1. The topological polar surface area (TPSA) is 44.1 Å². The first kappa shape index (κ1) is 20.2. The first-order valence-electron chi connectivity index (χ1n) is 9.30. The number of aromatic nitrogens is 2. The molecule has 146 valence electrons. The molecule has 1 aliphatic heterocycles. The van der Waals surface area contributed by atoms with Crippen molar-refractivity contribution < 1.29 is 9.53 Å². The molecule has 4 rings (SSSR count). The quantitative estimate of drug-likeness (QED) is 0.476. The van der Waals surface area contributed by atoms with Crippen molar-refractivity contribution >= 4 is 17.6 Å². The van der Waals surface area contributed by atoms with Gasteiger partial charge in [-0.05, 0) is 31.0 Å². The second-order valence-corrected chi connectivity index (χ2v) is 6.98. The van der Waals surface area contributed by atoms with Gasteiger partial charge in [-0.2, -0.15) is 5.10 Å². The summed E-state index contributed by atoms with van der Waals surface area (Å²) < 4.78 is 7.78. The Kier molecular flexibility index (Phi) is 6.20. The molecule has 1 unspecified atom stereocenters. The number of nitrogens with zero attached hydrogens (tertiary/aromatic N) is 2. The summed E-state index contributed by atoms with van der Waals surface area (Å²) in [5.41, 5.74) is 3.25. The molecule has 3 aromatic rings. The van der Waals surface area contributed by atoms with Gasteiger partial charge in [-0.15, -0.1) is 11.6 Å². The maximum atomic E-state index is 13.1. The fourth-order valence-electron chi connectivity index (χ4n) is 3.96. The monoisotopic (exact) mass is 396 g/mol. The van der Waals surface area contributed by atoms with Crippen molar-refractivity contribution in [3.63, 3.8) is 0 Å². The van der Waals surface area contributed by atoms with Crippen LogP contribution >= 0.6 is 11.6 Å². The minimum Gasteiger partial charge on any atom is -0.459 e.